The van der Waals surface area contributed by atoms with Crippen LogP contribution in [0.1, 0.15) is 48.2 Å². The second-order valence-electron chi connectivity index (χ2n) is 7.97. The van der Waals surface area contributed by atoms with E-state index in [1.54, 1.807) is 12.1 Å². The van der Waals surface area contributed by atoms with Crippen LogP contribution in [0.2, 0.25) is 5.02 Å². The number of rotatable bonds is 5. The zero-order valence-corrected chi connectivity index (χ0v) is 19.0. The van der Waals surface area contributed by atoms with Crippen LogP contribution in [-0.4, -0.2) is 16.6 Å². The standard InChI is InChI=1S/C27H24ClN3O/c1-17(2)19-12-14-20(15-13-19)18(3)30-31-27(32)23-16-25(21-8-5-4-6-9-21)29-26-22(23)10-7-11-24(26)28/h4-17H,1-3H3,(H,31,32). The van der Waals surface area contributed by atoms with E-state index < -0.39 is 0 Å². The normalized spacial score (nSPS) is 11.7. The van der Waals surface area contributed by atoms with Crippen molar-refractivity contribution in [1.82, 2.24) is 10.4 Å². The lowest BCUT2D eigenvalue weighted by Gasteiger charge is -2.11. The summed E-state index contributed by atoms with van der Waals surface area (Å²) in [6.45, 7) is 6.19. The van der Waals surface area contributed by atoms with Crippen LogP contribution in [0.3, 0.4) is 0 Å². The third-order valence-corrected chi connectivity index (χ3v) is 5.73. The van der Waals surface area contributed by atoms with Gasteiger partial charge in [-0.2, -0.15) is 5.10 Å². The minimum Gasteiger partial charge on any atom is -0.267 e. The van der Waals surface area contributed by atoms with Gasteiger partial charge in [0, 0.05) is 10.9 Å². The monoisotopic (exact) mass is 441 g/mol. The van der Waals surface area contributed by atoms with E-state index in [0.717, 1.165) is 16.8 Å². The van der Waals surface area contributed by atoms with Gasteiger partial charge in [-0.1, -0.05) is 92.2 Å². The minimum absolute atomic E-state index is 0.310. The van der Waals surface area contributed by atoms with Crippen LogP contribution >= 0.6 is 11.6 Å². The number of halogens is 1. The molecule has 4 rings (SSSR count). The fourth-order valence-electron chi connectivity index (χ4n) is 3.53. The van der Waals surface area contributed by atoms with E-state index in [2.05, 4.69) is 36.5 Å². The molecule has 0 aliphatic carbocycles. The van der Waals surface area contributed by atoms with Gasteiger partial charge in [-0.05, 0) is 36.1 Å². The molecule has 0 radical (unpaired) electrons. The zero-order valence-electron chi connectivity index (χ0n) is 18.3. The molecular weight excluding hydrogens is 418 g/mol. The predicted octanol–water partition coefficient (Wildman–Crippen LogP) is 6.83. The predicted molar refractivity (Wildman–Crippen MR) is 132 cm³/mol. The summed E-state index contributed by atoms with van der Waals surface area (Å²) >= 11 is 6.41. The molecular formula is C27H24ClN3O. The second kappa shape index (κ2) is 9.33. The van der Waals surface area contributed by atoms with Crippen molar-refractivity contribution in [2.75, 3.05) is 0 Å². The Bertz CT molecular complexity index is 1300. The average Bonchev–Trinajstić information content (AvgIpc) is 2.82. The van der Waals surface area contributed by atoms with Crippen molar-refractivity contribution in [1.29, 1.82) is 0 Å². The molecule has 0 spiro atoms. The highest BCUT2D eigenvalue weighted by Gasteiger charge is 2.15. The summed E-state index contributed by atoms with van der Waals surface area (Å²) in [5.74, 6) is 0.154. The largest absolute Gasteiger partial charge is 0.272 e. The van der Waals surface area contributed by atoms with Crippen molar-refractivity contribution in [2.45, 2.75) is 26.7 Å². The molecule has 4 nitrogen and oxygen atoms in total. The third-order valence-electron chi connectivity index (χ3n) is 5.42. The molecule has 160 valence electrons. The second-order valence-corrected chi connectivity index (χ2v) is 8.38. The van der Waals surface area contributed by atoms with E-state index in [1.807, 2.05) is 61.5 Å². The first-order valence-corrected chi connectivity index (χ1v) is 10.9. The molecule has 5 heteroatoms. The highest BCUT2D eigenvalue weighted by atomic mass is 35.5. The van der Waals surface area contributed by atoms with Crippen LogP contribution in [0, 0.1) is 0 Å². The van der Waals surface area contributed by atoms with Gasteiger partial charge in [0.15, 0.2) is 0 Å². The molecule has 1 N–H and O–H groups in total. The van der Waals surface area contributed by atoms with Gasteiger partial charge >= 0.3 is 0 Å². The Kier molecular flexibility index (Phi) is 6.33. The molecule has 0 saturated carbocycles. The lowest BCUT2D eigenvalue weighted by Crippen LogP contribution is -2.20. The van der Waals surface area contributed by atoms with Crippen molar-refractivity contribution in [2.24, 2.45) is 5.10 Å². The quantitative estimate of drug-likeness (QED) is 0.272. The Labute approximate surface area is 193 Å². The number of carbonyl (C=O) groups is 1. The van der Waals surface area contributed by atoms with E-state index in [-0.39, 0.29) is 5.91 Å². The van der Waals surface area contributed by atoms with E-state index in [9.17, 15) is 4.79 Å². The number of nitrogens with zero attached hydrogens (tertiary/aromatic N) is 2. The Hall–Kier alpha value is -3.50. The summed E-state index contributed by atoms with van der Waals surface area (Å²) in [5.41, 5.74) is 8.31. The van der Waals surface area contributed by atoms with Crippen LogP contribution in [-0.2, 0) is 0 Å². The number of hydrogen-bond donors (Lipinski definition) is 1. The van der Waals surface area contributed by atoms with Crippen molar-refractivity contribution in [3.8, 4) is 11.3 Å². The molecule has 0 fully saturated rings. The van der Waals surface area contributed by atoms with E-state index >= 15 is 0 Å². The highest BCUT2D eigenvalue weighted by molar-refractivity contribution is 6.35. The maximum absolute atomic E-state index is 13.1. The first kappa shape index (κ1) is 21.7. The third kappa shape index (κ3) is 4.56. The molecule has 1 heterocycles. The number of fused-ring (bicyclic) bond motifs is 1. The molecule has 4 aromatic rings. The molecule has 0 aliphatic rings. The number of para-hydroxylation sites is 1. The number of hydrazone groups is 1. The van der Waals surface area contributed by atoms with Crippen LogP contribution in [0.15, 0.2) is 84.0 Å². The molecule has 0 saturated heterocycles. The summed E-state index contributed by atoms with van der Waals surface area (Å²) in [6, 6.07) is 25.2. The van der Waals surface area contributed by atoms with Gasteiger partial charge in [-0.25, -0.2) is 10.4 Å². The number of aromatic nitrogens is 1. The van der Waals surface area contributed by atoms with Crippen molar-refractivity contribution < 1.29 is 4.79 Å². The van der Waals surface area contributed by atoms with Gasteiger partial charge < -0.3 is 0 Å². The molecule has 32 heavy (non-hydrogen) atoms. The number of pyridine rings is 1. The Balaban J connectivity index is 1.68. The molecule has 0 aliphatic heterocycles. The summed E-state index contributed by atoms with van der Waals surface area (Å²) in [6.07, 6.45) is 0. The minimum atomic E-state index is -0.310. The van der Waals surface area contributed by atoms with Gasteiger partial charge in [0.2, 0.25) is 0 Å². The van der Waals surface area contributed by atoms with E-state index in [1.165, 1.54) is 5.56 Å². The Morgan fingerprint density at radius 3 is 2.38 bits per heavy atom. The topological polar surface area (TPSA) is 54.4 Å². The van der Waals surface area contributed by atoms with Crippen LogP contribution in [0.5, 0.6) is 0 Å². The summed E-state index contributed by atoms with van der Waals surface area (Å²) in [4.78, 5) is 17.8. The number of hydrogen-bond acceptors (Lipinski definition) is 3. The maximum Gasteiger partial charge on any atom is 0.272 e. The summed E-state index contributed by atoms with van der Waals surface area (Å²) in [7, 11) is 0. The fourth-order valence-corrected chi connectivity index (χ4v) is 3.74. The van der Waals surface area contributed by atoms with Gasteiger partial charge in [0.25, 0.3) is 5.91 Å². The maximum atomic E-state index is 13.1. The smallest absolute Gasteiger partial charge is 0.267 e. The average molecular weight is 442 g/mol. The molecule has 0 atom stereocenters. The SMILES string of the molecule is CC(=NNC(=O)c1cc(-c2ccccc2)nc2c(Cl)cccc12)c1ccc(C(C)C)cc1. The van der Waals surface area contributed by atoms with Crippen molar-refractivity contribution in [3.63, 3.8) is 0 Å². The molecule has 0 bridgehead atoms. The van der Waals surface area contributed by atoms with E-state index in [0.29, 0.717) is 33.1 Å². The number of carbonyl (C=O) groups excluding carboxylic acids is 1. The number of benzene rings is 3. The van der Waals surface area contributed by atoms with Gasteiger partial charge in [0.05, 0.1) is 27.5 Å². The number of nitrogens with one attached hydrogen (secondary N) is 1. The lowest BCUT2D eigenvalue weighted by molar-refractivity contribution is 0.0956. The van der Waals surface area contributed by atoms with Crippen LogP contribution < -0.4 is 5.43 Å². The van der Waals surface area contributed by atoms with Crippen molar-refractivity contribution >= 4 is 34.1 Å². The first-order chi connectivity index (χ1) is 15.4. The highest BCUT2D eigenvalue weighted by Crippen LogP contribution is 2.29. The summed E-state index contributed by atoms with van der Waals surface area (Å²) in [5, 5.41) is 5.52. The Morgan fingerprint density at radius 1 is 0.969 bits per heavy atom. The van der Waals surface area contributed by atoms with Gasteiger partial charge in [-0.3, -0.25) is 4.79 Å². The zero-order chi connectivity index (χ0) is 22.7. The molecule has 1 amide bonds. The molecule has 1 aromatic heterocycles. The summed E-state index contributed by atoms with van der Waals surface area (Å²) < 4.78 is 0. The first-order valence-electron chi connectivity index (χ1n) is 10.5. The lowest BCUT2D eigenvalue weighted by atomic mass is 10.0. The van der Waals surface area contributed by atoms with Gasteiger partial charge in [-0.15, -0.1) is 0 Å². The van der Waals surface area contributed by atoms with Crippen LogP contribution in [0.25, 0.3) is 22.2 Å². The fraction of sp³-hybridized carbons (Fsp3) is 0.148. The Morgan fingerprint density at radius 2 is 1.69 bits per heavy atom. The van der Waals surface area contributed by atoms with Crippen LogP contribution in [0.4, 0.5) is 0 Å². The molecule has 0 unspecified atom stereocenters. The van der Waals surface area contributed by atoms with E-state index in [4.69, 9.17) is 16.6 Å². The van der Waals surface area contributed by atoms with Gasteiger partial charge in [0.1, 0.15) is 0 Å². The number of amides is 1. The molecule has 3 aromatic carbocycles. The van der Waals surface area contributed by atoms with Crippen molar-refractivity contribution in [3.05, 3.63) is 101 Å².